The quantitative estimate of drug-likeness (QED) is 0.461. The number of rotatable bonds is 5. The number of carbonyl (C=O) groups is 2. The van der Waals surface area contributed by atoms with Gasteiger partial charge in [0.2, 0.25) is 5.91 Å². The molecular formula is C24H22F4N4O2S. The van der Waals surface area contributed by atoms with Gasteiger partial charge in [0.15, 0.2) is 5.11 Å². The van der Waals surface area contributed by atoms with Crippen molar-refractivity contribution in [2.24, 2.45) is 5.92 Å². The molecule has 0 atom stereocenters. The summed E-state index contributed by atoms with van der Waals surface area (Å²) in [5.74, 6) is -1.77. The Labute approximate surface area is 205 Å². The normalized spacial score (nSPS) is 15.5. The predicted molar refractivity (Wildman–Crippen MR) is 126 cm³/mol. The van der Waals surface area contributed by atoms with Crippen molar-refractivity contribution >= 4 is 40.5 Å². The molecule has 11 heteroatoms. The van der Waals surface area contributed by atoms with Crippen LogP contribution in [0, 0.1) is 23.1 Å². The Morgan fingerprint density at radius 3 is 2.34 bits per heavy atom. The van der Waals surface area contributed by atoms with Crippen LogP contribution in [0.3, 0.4) is 0 Å². The molecule has 0 spiro atoms. The zero-order valence-corrected chi connectivity index (χ0v) is 20.1. The molecule has 0 unspecified atom stereocenters. The molecule has 1 aliphatic heterocycles. The van der Waals surface area contributed by atoms with Gasteiger partial charge in [-0.05, 0) is 56.4 Å². The number of thiocarbonyl (C=S) groups is 1. The minimum Gasteiger partial charge on any atom is -0.352 e. The first-order valence-corrected chi connectivity index (χ1v) is 11.0. The summed E-state index contributed by atoms with van der Waals surface area (Å²) in [6.45, 7) is 6.42. The second-order valence-corrected chi connectivity index (χ2v) is 9.17. The van der Waals surface area contributed by atoms with E-state index in [1.165, 1.54) is 43.0 Å². The number of amides is 2. The summed E-state index contributed by atoms with van der Waals surface area (Å²) in [6, 6.07) is 8.49. The van der Waals surface area contributed by atoms with Gasteiger partial charge in [0.25, 0.3) is 5.91 Å². The molecule has 0 aromatic heterocycles. The van der Waals surface area contributed by atoms with Gasteiger partial charge in [-0.3, -0.25) is 14.5 Å². The first-order chi connectivity index (χ1) is 16.2. The smallest absolute Gasteiger partial charge is 0.352 e. The standard InChI is InChI=1S/C24H22F4N4O2S/c1-13(2)20(33)30-12-15-6-8-17(10-19(15)25)32-22(35)31(21(34)23(32,3)4)16-7-5-14(11-29)18(9-16)24(26,27)28/h5-10,13H,12H2,1-4H3,(H,30,33). The highest BCUT2D eigenvalue weighted by molar-refractivity contribution is 7.81. The van der Waals surface area contributed by atoms with E-state index in [0.29, 0.717) is 6.07 Å². The molecule has 2 aromatic rings. The number of nitrogens with one attached hydrogen (secondary N) is 1. The summed E-state index contributed by atoms with van der Waals surface area (Å²) in [4.78, 5) is 27.3. The largest absolute Gasteiger partial charge is 0.417 e. The van der Waals surface area contributed by atoms with Crippen molar-refractivity contribution in [2.45, 2.75) is 46.0 Å². The molecule has 184 valence electrons. The van der Waals surface area contributed by atoms with E-state index < -0.39 is 34.6 Å². The Kier molecular flexibility index (Phi) is 6.90. The SMILES string of the molecule is CC(C)C(=O)NCc1ccc(N2C(=S)N(c3ccc(C#N)c(C(F)(F)F)c3)C(=O)C2(C)C)cc1F. The van der Waals surface area contributed by atoms with Gasteiger partial charge in [-0.1, -0.05) is 19.9 Å². The fourth-order valence-corrected chi connectivity index (χ4v) is 4.19. The maximum Gasteiger partial charge on any atom is 0.417 e. The Bertz CT molecular complexity index is 1250. The van der Waals surface area contributed by atoms with Crippen molar-refractivity contribution in [3.63, 3.8) is 0 Å². The molecule has 1 N–H and O–H groups in total. The van der Waals surface area contributed by atoms with Gasteiger partial charge in [0.05, 0.1) is 22.9 Å². The van der Waals surface area contributed by atoms with E-state index in [-0.39, 0.29) is 40.4 Å². The predicted octanol–water partition coefficient (Wildman–Crippen LogP) is 4.91. The lowest BCUT2D eigenvalue weighted by atomic mass is 10.0. The van der Waals surface area contributed by atoms with Crippen molar-refractivity contribution < 1.29 is 27.2 Å². The zero-order chi connectivity index (χ0) is 26.3. The van der Waals surface area contributed by atoms with Gasteiger partial charge in [0, 0.05) is 23.7 Å². The summed E-state index contributed by atoms with van der Waals surface area (Å²) in [7, 11) is 0. The lowest BCUT2D eigenvalue weighted by Crippen LogP contribution is -2.44. The van der Waals surface area contributed by atoms with Gasteiger partial charge in [-0.25, -0.2) is 4.39 Å². The Balaban J connectivity index is 1.98. The molecule has 3 rings (SSSR count). The number of benzene rings is 2. The number of hydrogen-bond donors (Lipinski definition) is 1. The maximum absolute atomic E-state index is 14.8. The number of anilines is 2. The number of hydrogen-bond acceptors (Lipinski definition) is 4. The molecule has 1 saturated heterocycles. The third kappa shape index (κ3) is 4.84. The van der Waals surface area contributed by atoms with Gasteiger partial charge in [0.1, 0.15) is 11.4 Å². The molecule has 0 aliphatic carbocycles. The number of nitriles is 1. The van der Waals surface area contributed by atoms with Crippen molar-refractivity contribution in [3.8, 4) is 6.07 Å². The average molecular weight is 507 g/mol. The van der Waals surface area contributed by atoms with Crippen molar-refractivity contribution in [1.82, 2.24) is 5.32 Å². The van der Waals surface area contributed by atoms with Crippen LogP contribution in [0.2, 0.25) is 0 Å². The van der Waals surface area contributed by atoms with E-state index >= 15 is 0 Å². The van der Waals surface area contributed by atoms with Gasteiger partial charge < -0.3 is 10.2 Å². The topological polar surface area (TPSA) is 76.4 Å². The van der Waals surface area contributed by atoms with Crippen LogP contribution in [0.15, 0.2) is 36.4 Å². The summed E-state index contributed by atoms with van der Waals surface area (Å²) < 4.78 is 55.2. The summed E-state index contributed by atoms with van der Waals surface area (Å²) >= 11 is 5.45. The fourth-order valence-electron chi connectivity index (χ4n) is 3.66. The monoisotopic (exact) mass is 506 g/mol. The third-order valence-corrected chi connectivity index (χ3v) is 5.99. The molecule has 6 nitrogen and oxygen atoms in total. The zero-order valence-electron chi connectivity index (χ0n) is 19.3. The molecule has 2 amide bonds. The first kappa shape index (κ1) is 26.1. The van der Waals surface area contributed by atoms with Crippen LogP contribution in [0.1, 0.15) is 44.4 Å². The number of carbonyl (C=O) groups excluding carboxylic acids is 2. The molecule has 1 aliphatic rings. The molecule has 1 heterocycles. The van der Waals surface area contributed by atoms with Crippen LogP contribution in [-0.4, -0.2) is 22.5 Å². The fraction of sp³-hybridized carbons (Fsp3) is 0.333. The Hall–Kier alpha value is -3.52. The summed E-state index contributed by atoms with van der Waals surface area (Å²) in [5.41, 5.74) is -2.84. The minimum atomic E-state index is -4.81. The van der Waals surface area contributed by atoms with E-state index in [0.717, 1.165) is 17.0 Å². The number of halogens is 4. The Morgan fingerprint density at radius 1 is 1.17 bits per heavy atom. The van der Waals surface area contributed by atoms with Gasteiger partial charge in [-0.2, -0.15) is 18.4 Å². The maximum atomic E-state index is 14.8. The highest BCUT2D eigenvalue weighted by Crippen LogP contribution is 2.39. The van der Waals surface area contributed by atoms with Crippen LogP contribution >= 0.6 is 12.2 Å². The van der Waals surface area contributed by atoms with Gasteiger partial charge >= 0.3 is 6.18 Å². The lowest BCUT2D eigenvalue weighted by Gasteiger charge is -2.29. The minimum absolute atomic E-state index is 0.0342. The van der Waals surface area contributed by atoms with Crippen LogP contribution in [0.5, 0.6) is 0 Å². The average Bonchev–Trinajstić information content (AvgIpc) is 2.95. The van der Waals surface area contributed by atoms with Crippen LogP contribution < -0.4 is 15.1 Å². The highest BCUT2D eigenvalue weighted by atomic mass is 32.1. The number of alkyl halides is 3. The van der Waals surface area contributed by atoms with Crippen LogP contribution in [-0.2, 0) is 22.3 Å². The second kappa shape index (κ2) is 9.26. The van der Waals surface area contributed by atoms with Crippen LogP contribution in [0.4, 0.5) is 28.9 Å². The van der Waals surface area contributed by atoms with Crippen molar-refractivity contribution in [3.05, 3.63) is 58.9 Å². The van der Waals surface area contributed by atoms with E-state index in [2.05, 4.69) is 5.32 Å². The molecule has 2 aromatic carbocycles. The van der Waals surface area contributed by atoms with Crippen LogP contribution in [0.25, 0.3) is 0 Å². The van der Waals surface area contributed by atoms with E-state index in [9.17, 15) is 27.2 Å². The van der Waals surface area contributed by atoms with E-state index in [1.807, 2.05) is 0 Å². The molecule has 0 radical (unpaired) electrons. The Morgan fingerprint density at radius 2 is 1.80 bits per heavy atom. The van der Waals surface area contributed by atoms with Crippen molar-refractivity contribution in [2.75, 3.05) is 9.80 Å². The summed E-state index contributed by atoms with van der Waals surface area (Å²) in [6.07, 6.45) is -4.81. The molecule has 0 bridgehead atoms. The molecular weight excluding hydrogens is 484 g/mol. The molecule has 0 saturated carbocycles. The van der Waals surface area contributed by atoms with E-state index in [4.69, 9.17) is 17.5 Å². The first-order valence-electron chi connectivity index (χ1n) is 10.6. The highest BCUT2D eigenvalue weighted by Gasteiger charge is 2.50. The second-order valence-electron chi connectivity index (χ2n) is 8.81. The lowest BCUT2D eigenvalue weighted by molar-refractivity contribution is -0.137. The summed E-state index contributed by atoms with van der Waals surface area (Å²) in [5, 5.41) is 11.5. The van der Waals surface area contributed by atoms with E-state index in [1.54, 1.807) is 13.8 Å². The number of nitrogens with zero attached hydrogens (tertiary/aromatic N) is 3. The van der Waals surface area contributed by atoms with Gasteiger partial charge in [-0.15, -0.1) is 0 Å². The van der Waals surface area contributed by atoms with Crippen molar-refractivity contribution in [1.29, 1.82) is 5.26 Å². The molecule has 1 fully saturated rings. The third-order valence-electron chi connectivity index (χ3n) is 5.63. The molecule has 35 heavy (non-hydrogen) atoms.